The van der Waals surface area contributed by atoms with E-state index in [4.69, 9.17) is 0 Å². The maximum atomic E-state index is 13.1. The Morgan fingerprint density at radius 2 is 2.04 bits per heavy atom. The molecule has 2 heterocycles. The Hall–Kier alpha value is -3.09. The van der Waals surface area contributed by atoms with Crippen LogP contribution in [0.15, 0.2) is 47.0 Å². The van der Waals surface area contributed by atoms with E-state index in [-0.39, 0.29) is 5.75 Å². The van der Waals surface area contributed by atoms with Crippen molar-refractivity contribution in [3.8, 4) is 22.6 Å². The van der Waals surface area contributed by atoms with Crippen molar-refractivity contribution in [3.05, 3.63) is 54.1 Å². The van der Waals surface area contributed by atoms with Crippen LogP contribution >= 0.6 is 0 Å². The molecular formula is C18H18FN5O. The minimum Gasteiger partial charge on any atom is -0.507 e. The first-order valence-electron chi connectivity index (χ1n) is 7.87. The SMILES string of the molecule is CCc1nc(C)c(N=NC)cc1-c1ccc(-n2cnc(F)c2)cc1O. The van der Waals surface area contributed by atoms with Crippen molar-refractivity contribution in [1.29, 1.82) is 0 Å². The molecule has 0 aliphatic heterocycles. The summed E-state index contributed by atoms with van der Waals surface area (Å²) in [4.78, 5) is 8.14. The highest BCUT2D eigenvalue weighted by molar-refractivity contribution is 5.76. The molecule has 0 bridgehead atoms. The lowest BCUT2D eigenvalue weighted by molar-refractivity contribution is 0.477. The molecule has 1 aromatic carbocycles. The summed E-state index contributed by atoms with van der Waals surface area (Å²) in [5, 5.41) is 18.4. The first-order valence-corrected chi connectivity index (χ1v) is 7.87. The molecular weight excluding hydrogens is 321 g/mol. The van der Waals surface area contributed by atoms with E-state index in [9.17, 15) is 9.50 Å². The van der Waals surface area contributed by atoms with E-state index < -0.39 is 5.95 Å². The van der Waals surface area contributed by atoms with Crippen molar-refractivity contribution in [1.82, 2.24) is 14.5 Å². The minimum atomic E-state index is -0.575. The van der Waals surface area contributed by atoms with Gasteiger partial charge in [-0.1, -0.05) is 6.92 Å². The number of hydrogen-bond donors (Lipinski definition) is 1. The normalized spacial score (nSPS) is 11.4. The zero-order valence-corrected chi connectivity index (χ0v) is 14.2. The van der Waals surface area contributed by atoms with Gasteiger partial charge in [-0.25, -0.2) is 4.98 Å². The van der Waals surface area contributed by atoms with Crippen molar-refractivity contribution in [2.45, 2.75) is 20.3 Å². The van der Waals surface area contributed by atoms with Gasteiger partial charge in [0.25, 0.3) is 0 Å². The van der Waals surface area contributed by atoms with Crippen LogP contribution in [0.1, 0.15) is 18.3 Å². The summed E-state index contributed by atoms with van der Waals surface area (Å²) >= 11 is 0. The second kappa shape index (κ2) is 6.80. The fourth-order valence-electron chi connectivity index (χ4n) is 2.70. The Labute approximate surface area is 144 Å². The van der Waals surface area contributed by atoms with Crippen LogP contribution < -0.4 is 0 Å². The van der Waals surface area contributed by atoms with Gasteiger partial charge < -0.3 is 9.67 Å². The Morgan fingerprint density at radius 3 is 2.64 bits per heavy atom. The monoisotopic (exact) mass is 339 g/mol. The van der Waals surface area contributed by atoms with Crippen LogP contribution in [-0.4, -0.2) is 26.7 Å². The van der Waals surface area contributed by atoms with Crippen LogP contribution in [0, 0.1) is 12.9 Å². The van der Waals surface area contributed by atoms with E-state index in [1.165, 1.54) is 17.1 Å². The number of azo groups is 1. The Morgan fingerprint density at radius 1 is 1.24 bits per heavy atom. The van der Waals surface area contributed by atoms with E-state index in [1.54, 1.807) is 25.2 Å². The number of nitrogens with zero attached hydrogens (tertiary/aromatic N) is 5. The number of hydrogen-bond acceptors (Lipinski definition) is 5. The van der Waals surface area contributed by atoms with Crippen LogP contribution in [0.25, 0.3) is 16.8 Å². The fraction of sp³-hybridized carbons (Fsp3) is 0.222. The number of aromatic nitrogens is 3. The number of phenols is 1. The third kappa shape index (κ3) is 3.26. The molecule has 0 aliphatic carbocycles. The Balaban J connectivity index is 2.11. The van der Waals surface area contributed by atoms with Crippen LogP contribution in [0.3, 0.4) is 0 Å². The van der Waals surface area contributed by atoms with E-state index in [1.807, 2.05) is 19.9 Å². The second-order valence-corrected chi connectivity index (χ2v) is 5.55. The summed E-state index contributed by atoms with van der Waals surface area (Å²) in [6.07, 6.45) is 3.32. The number of aromatic hydroxyl groups is 1. The number of phenolic OH excluding ortho intramolecular Hbond substituents is 1. The maximum absolute atomic E-state index is 13.1. The average Bonchev–Trinajstić information content (AvgIpc) is 3.03. The van der Waals surface area contributed by atoms with Crippen molar-refractivity contribution < 1.29 is 9.50 Å². The third-order valence-electron chi connectivity index (χ3n) is 3.93. The largest absolute Gasteiger partial charge is 0.507 e. The molecule has 3 rings (SSSR count). The van der Waals surface area contributed by atoms with E-state index in [2.05, 4.69) is 20.2 Å². The van der Waals surface area contributed by atoms with E-state index in [0.29, 0.717) is 23.4 Å². The number of pyridine rings is 1. The number of rotatable bonds is 4. The van der Waals surface area contributed by atoms with Gasteiger partial charge in [-0.3, -0.25) is 4.98 Å². The van der Waals surface area contributed by atoms with Gasteiger partial charge in [0.05, 0.1) is 17.6 Å². The molecule has 0 saturated heterocycles. The molecule has 0 amide bonds. The lowest BCUT2D eigenvalue weighted by atomic mass is 10.00. The highest BCUT2D eigenvalue weighted by Gasteiger charge is 2.14. The molecule has 0 radical (unpaired) electrons. The average molecular weight is 339 g/mol. The van der Waals surface area contributed by atoms with Gasteiger partial charge in [0.15, 0.2) is 0 Å². The van der Waals surface area contributed by atoms with Crippen LogP contribution in [0.4, 0.5) is 10.1 Å². The molecule has 128 valence electrons. The summed E-state index contributed by atoms with van der Waals surface area (Å²) < 4.78 is 14.6. The highest BCUT2D eigenvalue weighted by atomic mass is 19.1. The standard InChI is InChI=1S/C18H18FN5O/c1-4-15-14(8-16(23-20-3)11(2)22-15)13-6-5-12(7-17(13)25)24-9-18(19)21-10-24/h5-10,25H,4H2,1-3H3. The molecule has 0 atom stereocenters. The molecule has 0 saturated carbocycles. The number of halogens is 1. The number of aryl methyl sites for hydroxylation is 2. The molecule has 25 heavy (non-hydrogen) atoms. The van der Waals surface area contributed by atoms with Gasteiger partial charge in [0.2, 0.25) is 5.95 Å². The minimum absolute atomic E-state index is 0.0753. The van der Waals surface area contributed by atoms with E-state index in [0.717, 1.165) is 17.0 Å². The van der Waals surface area contributed by atoms with Crippen molar-refractivity contribution in [3.63, 3.8) is 0 Å². The zero-order chi connectivity index (χ0) is 18.0. The van der Waals surface area contributed by atoms with Gasteiger partial charge >= 0.3 is 0 Å². The van der Waals surface area contributed by atoms with Crippen molar-refractivity contribution >= 4 is 5.69 Å². The molecule has 3 aromatic rings. The third-order valence-corrected chi connectivity index (χ3v) is 3.93. The van der Waals surface area contributed by atoms with Gasteiger partial charge in [0.1, 0.15) is 17.8 Å². The van der Waals surface area contributed by atoms with E-state index >= 15 is 0 Å². The van der Waals surface area contributed by atoms with Gasteiger partial charge in [0, 0.05) is 29.9 Å². The summed E-state index contributed by atoms with van der Waals surface area (Å²) in [5.41, 5.74) is 4.37. The maximum Gasteiger partial charge on any atom is 0.231 e. The van der Waals surface area contributed by atoms with Crippen molar-refractivity contribution in [2.75, 3.05) is 7.05 Å². The van der Waals surface area contributed by atoms with Crippen LogP contribution in [0.2, 0.25) is 0 Å². The Bertz CT molecular complexity index is 949. The quantitative estimate of drug-likeness (QED) is 0.717. The lowest BCUT2D eigenvalue weighted by Crippen LogP contribution is -1.97. The van der Waals surface area contributed by atoms with Crippen LogP contribution in [-0.2, 0) is 6.42 Å². The smallest absolute Gasteiger partial charge is 0.231 e. The zero-order valence-electron chi connectivity index (χ0n) is 14.2. The highest BCUT2D eigenvalue weighted by Crippen LogP contribution is 2.36. The summed E-state index contributed by atoms with van der Waals surface area (Å²) in [5.74, 6) is -0.500. The van der Waals surface area contributed by atoms with Gasteiger partial charge in [-0.05, 0) is 31.5 Å². The molecule has 2 aromatic heterocycles. The summed E-state index contributed by atoms with van der Waals surface area (Å²) in [7, 11) is 1.60. The molecule has 1 N–H and O–H groups in total. The molecule has 0 unspecified atom stereocenters. The first-order chi connectivity index (χ1) is 12.0. The first kappa shape index (κ1) is 16.8. The predicted molar refractivity (Wildman–Crippen MR) is 93.0 cm³/mol. The second-order valence-electron chi connectivity index (χ2n) is 5.55. The number of benzene rings is 1. The molecule has 0 spiro atoms. The molecule has 7 heteroatoms. The van der Waals surface area contributed by atoms with Gasteiger partial charge in [-0.2, -0.15) is 14.6 Å². The lowest BCUT2D eigenvalue weighted by Gasteiger charge is -2.13. The molecule has 6 nitrogen and oxygen atoms in total. The predicted octanol–water partition coefficient (Wildman–Crippen LogP) is 4.36. The Kier molecular flexibility index (Phi) is 4.56. The van der Waals surface area contributed by atoms with Crippen molar-refractivity contribution in [2.24, 2.45) is 10.2 Å². The number of imidazole rings is 1. The summed E-state index contributed by atoms with van der Waals surface area (Å²) in [6.45, 7) is 3.88. The van der Waals surface area contributed by atoms with Gasteiger partial charge in [-0.15, -0.1) is 0 Å². The molecule has 0 fully saturated rings. The topological polar surface area (TPSA) is 75.7 Å². The fourth-order valence-corrected chi connectivity index (χ4v) is 2.70. The molecule has 0 aliphatic rings. The van der Waals surface area contributed by atoms with Crippen LogP contribution in [0.5, 0.6) is 5.75 Å². The summed E-state index contributed by atoms with van der Waals surface area (Å²) in [6, 6.07) is 7.01.